The lowest BCUT2D eigenvalue weighted by Crippen LogP contribution is -2.49. The first kappa shape index (κ1) is 24.6. The number of imidazole rings is 1. The van der Waals surface area contributed by atoms with Crippen LogP contribution in [0.2, 0.25) is 0 Å². The summed E-state index contributed by atoms with van der Waals surface area (Å²) in [5, 5.41) is 2.84. The molecule has 4 aromatic rings. The molecule has 0 aliphatic carbocycles. The minimum Gasteiger partial charge on any atom is -0.375 e. The van der Waals surface area contributed by atoms with Crippen molar-refractivity contribution in [3.05, 3.63) is 78.1 Å². The van der Waals surface area contributed by atoms with Crippen LogP contribution in [0.25, 0.3) is 22.4 Å². The first-order valence-electron chi connectivity index (χ1n) is 12.2. The van der Waals surface area contributed by atoms with Gasteiger partial charge in [0.1, 0.15) is 12.4 Å². The van der Waals surface area contributed by atoms with Gasteiger partial charge in [0.05, 0.1) is 22.6 Å². The van der Waals surface area contributed by atoms with Crippen molar-refractivity contribution in [1.29, 1.82) is 0 Å². The molecule has 2 aromatic heterocycles. The highest BCUT2D eigenvalue weighted by Gasteiger charge is 2.31. The summed E-state index contributed by atoms with van der Waals surface area (Å²) in [6.45, 7) is 1.85. The van der Waals surface area contributed by atoms with Crippen molar-refractivity contribution in [2.45, 2.75) is 6.04 Å². The number of pyridine rings is 1. The Kier molecular flexibility index (Phi) is 6.98. The molecule has 190 valence electrons. The fourth-order valence-corrected chi connectivity index (χ4v) is 4.94. The van der Waals surface area contributed by atoms with Gasteiger partial charge in [-0.15, -0.1) is 0 Å². The number of amides is 2. The van der Waals surface area contributed by atoms with Gasteiger partial charge in [0.25, 0.3) is 5.91 Å². The number of piperazine rings is 1. The molecule has 1 unspecified atom stereocenters. The van der Waals surface area contributed by atoms with Crippen molar-refractivity contribution in [3.63, 3.8) is 0 Å². The normalized spacial score (nSPS) is 16.2. The van der Waals surface area contributed by atoms with Crippen molar-refractivity contribution in [1.82, 2.24) is 24.3 Å². The number of rotatable bonds is 6. The van der Waals surface area contributed by atoms with Crippen LogP contribution < -0.4 is 5.32 Å². The molecule has 1 aliphatic heterocycles. The first-order valence-corrected chi connectivity index (χ1v) is 12.2. The fourth-order valence-electron chi connectivity index (χ4n) is 4.94. The van der Waals surface area contributed by atoms with Crippen LogP contribution in [0, 0.1) is 0 Å². The summed E-state index contributed by atoms with van der Waals surface area (Å²) in [5.74, 6) is 0.327. The molecule has 1 saturated heterocycles. The third kappa shape index (κ3) is 4.96. The van der Waals surface area contributed by atoms with Gasteiger partial charge < -0.3 is 19.5 Å². The Bertz CT molecular complexity index is 1420. The fraction of sp³-hybridized carbons (Fsp3) is 0.286. The van der Waals surface area contributed by atoms with E-state index in [2.05, 4.69) is 34.4 Å². The molecule has 0 saturated carbocycles. The molecule has 3 heterocycles. The molecule has 0 radical (unpaired) electrons. The van der Waals surface area contributed by atoms with Crippen LogP contribution in [0.1, 0.15) is 22.0 Å². The van der Waals surface area contributed by atoms with Crippen LogP contribution in [0.5, 0.6) is 0 Å². The van der Waals surface area contributed by atoms with Crippen molar-refractivity contribution in [2.75, 3.05) is 45.7 Å². The smallest absolute Gasteiger partial charge is 0.256 e. The van der Waals surface area contributed by atoms with Crippen LogP contribution in [0.15, 0.2) is 67.0 Å². The summed E-state index contributed by atoms with van der Waals surface area (Å²) in [4.78, 5) is 39.5. The number of carbonyl (C=O) groups excluding carboxylic acids is 2. The SMILES string of the molecule is COCC(=O)Nc1cc(C(=O)N2CCN(C)C(c3ccccc3)C2)c2c(c1)nc(-c1ccncc1)n2C. The predicted molar refractivity (Wildman–Crippen MR) is 142 cm³/mol. The zero-order valence-electron chi connectivity index (χ0n) is 21.2. The van der Waals surface area contributed by atoms with E-state index in [9.17, 15) is 9.59 Å². The van der Waals surface area contributed by atoms with E-state index < -0.39 is 0 Å². The molecule has 37 heavy (non-hydrogen) atoms. The van der Waals surface area contributed by atoms with Gasteiger partial charge in [-0.05, 0) is 36.9 Å². The Hall–Kier alpha value is -4.08. The number of methoxy groups -OCH3 is 1. The summed E-state index contributed by atoms with van der Waals surface area (Å²) >= 11 is 0. The van der Waals surface area contributed by atoms with E-state index >= 15 is 0 Å². The molecular formula is C28H30N6O3. The van der Waals surface area contributed by atoms with Gasteiger partial charge in [-0.2, -0.15) is 0 Å². The van der Waals surface area contributed by atoms with Crippen molar-refractivity contribution in [2.24, 2.45) is 7.05 Å². The van der Waals surface area contributed by atoms with Crippen LogP contribution >= 0.6 is 0 Å². The number of ether oxygens (including phenoxy) is 1. The molecule has 1 aliphatic rings. The van der Waals surface area contributed by atoms with Crippen molar-refractivity contribution in [3.8, 4) is 11.4 Å². The third-order valence-corrected chi connectivity index (χ3v) is 6.82. The van der Waals surface area contributed by atoms with Gasteiger partial charge in [-0.1, -0.05) is 30.3 Å². The van der Waals surface area contributed by atoms with E-state index in [0.717, 1.165) is 17.6 Å². The van der Waals surface area contributed by atoms with Crippen LogP contribution in [0.3, 0.4) is 0 Å². The lowest BCUT2D eigenvalue weighted by molar-refractivity contribution is -0.119. The standard InChI is InChI=1S/C28H30N6O3/c1-32-13-14-34(17-24(32)19-7-5-4-6-8-19)28(36)22-15-21(30-25(35)18-37-3)16-23-26(22)33(2)27(31-23)20-9-11-29-12-10-20/h4-12,15-16,24H,13-14,17-18H2,1-3H3,(H,30,35). The Morgan fingerprint density at radius 1 is 1.05 bits per heavy atom. The quantitative estimate of drug-likeness (QED) is 0.438. The van der Waals surface area contributed by atoms with E-state index in [-0.39, 0.29) is 24.5 Å². The molecule has 0 bridgehead atoms. The van der Waals surface area contributed by atoms with E-state index in [1.165, 1.54) is 12.7 Å². The van der Waals surface area contributed by atoms with E-state index in [0.29, 0.717) is 35.7 Å². The molecule has 1 N–H and O–H groups in total. The summed E-state index contributed by atoms with van der Waals surface area (Å²) in [6.07, 6.45) is 3.43. The largest absolute Gasteiger partial charge is 0.375 e. The number of hydrogen-bond acceptors (Lipinski definition) is 6. The average molecular weight is 499 g/mol. The second-order valence-electron chi connectivity index (χ2n) is 9.26. The second-order valence-corrected chi connectivity index (χ2v) is 9.26. The number of aromatic nitrogens is 3. The summed E-state index contributed by atoms with van der Waals surface area (Å²) in [7, 11) is 5.46. The van der Waals surface area contributed by atoms with Gasteiger partial charge in [-0.25, -0.2) is 4.98 Å². The van der Waals surface area contributed by atoms with Gasteiger partial charge in [0.2, 0.25) is 5.91 Å². The number of likely N-dealkylation sites (N-methyl/N-ethyl adjacent to an activating group) is 1. The molecular weight excluding hydrogens is 468 g/mol. The number of aryl methyl sites for hydroxylation is 1. The minimum atomic E-state index is -0.297. The monoisotopic (exact) mass is 498 g/mol. The maximum atomic E-state index is 14.1. The van der Waals surface area contributed by atoms with E-state index in [1.54, 1.807) is 24.5 Å². The number of benzene rings is 2. The highest BCUT2D eigenvalue weighted by molar-refractivity contribution is 6.08. The number of hydrogen-bond donors (Lipinski definition) is 1. The van der Waals surface area contributed by atoms with Gasteiger partial charge in [-0.3, -0.25) is 19.5 Å². The van der Waals surface area contributed by atoms with Crippen LogP contribution in [-0.2, 0) is 16.6 Å². The molecule has 1 atom stereocenters. The maximum Gasteiger partial charge on any atom is 0.256 e. The Morgan fingerprint density at radius 3 is 2.54 bits per heavy atom. The van der Waals surface area contributed by atoms with Gasteiger partial charge in [0.15, 0.2) is 0 Å². The van der Waals surface area contributed by atoms with Crippen LogP contribution in [-0.4, -0.2) is 76.5 Å². The molecule has 5 rings (SSSR count). The number of carbonyl (C=O) groups is 2. The molecule has 9 nitrogen and oxygen atoms in total. The van der Waals surface area contributed by atoms with E-state index in [4.69, 9.17) is 9.72 Å². The third-order valence-electron chi connectivity index (χ3n) is 6.82. The molecule has 2 aromatic carbocycles. The minimum absolute atomic E-state index is 0.0803. The van der Waals surface area contributed by atoms with Crippen molar-refractivity contribution >= 4 is 28.5 Å². The lowest BCUT2D eigenvalue weighted by atomic mass is 10.0. The second kappa shape index (κ2) is 10.5. The highest BCUT2D eigenvalue weighted by Crippen LogP contribution is 2.31. The molecule has 2 amide bonds. The number of nitrogens with zero attached hydrogens (tertiary/aromatic N) is 5. The summed E-state index contributed by atoms with van der Waals surface area (Å²) in [5.41, 5.74) is 4.41. The van der Waals surface area contributed by atoms with Crippen LogP contribution in [0.4, 0.5) is 5.69 Å². The van der Waals surface area contributed by atoms with E-state index in [1.807, 2.05) is 46.8 Å². The highest BCUT2D eigenvalue weighted by atomic mass is 16.5. The molecule has 9 heteroatoms. The Labute approximate surface area is 215 Å². The first-order chi connectivity index (χ1) is 18.0. The number of nitrogens with one attached hydrogen (secondary N) is 1. The predicted octanol–water partition coefficient (Wildman–Crippen LogP) is 3.35. The lowest BCUT2D eigenvalue weighted by Gasteiger charge is -2.39. The molecule has 0 spiro atoms. The summed E-state index contributed by atoms with van der Waals surface area (Å²) < 4.78 is 6.90. The zero-order chi connectivity index (χ0) is 25.9. The van der Waals surface area contributed by atoms with Gasteiger partial charge in [0, 0.05) is 57.4 Å². The van der Waals surface area contributed by atoms with Crippen molar-refractivity contribution < 1.29 is 14.3 Å². The topological polar surface area (TPSA) is 92.6 Å². The zero-order valence-corrected chi connectivity index (χ0v) is 21.2. The molecule has 1 fully saturated rings. The maximum absolute atomic E-state index is 14.1. The Balaban J connectivity index is 1.57. The Morgan fingerprint density at radius 2 is 1.81 bits per heavy atom. The number of fused-ring (bicyclic) bond motifs is 1. The summed E-state index contributed by atoms with van der Waals surface area (Å²) in [6, 6.07) is 17.6. The number of anilines is 1. The average Bonchev–Trinajstić information content (AvgIpc) is 3.25. The van der Waals surface area contributed by atoms with Gasteiger partial charge >= 0.3 is 0 Å².